The largest absolute Gasteiger partial charge is 0.465 e. The quantitative estimate of drug-likeness (QED) is 0.294. The third kappa shape index (κ3) is 8.17. The van der Waals surface area contributed by atoms with Gasteiger partial charge in [0.1, 0.15) is 4.88 Å². The number of nitrogens with zero attached hydrogens (tertiary/aromatic N) is 2. The number of rotatable bonds is 9. The highest BCUT2D eigenvalue weighted by atomic mass is 35.5. The Balaban J connectivity index is 1.39. The van der Waals surface area contributed by atoms with Crippen molar-refractivity contribution < 1.29 is 19.1 Å². The Morgan fingerprint density at radius 1 is 0.872 bits per heavy atom. The molecule has 0 bridgehead atoms. The molecule has 1 aromatic heterocycles. The van der Waals surface area contributed by atoms with Crippen LogP contribution in [0, 0.1) is 0 Å². The second kappa shape index (κ2) is 13.6. The van der Waals surface area contributed by atoms with Crippen molar-refractivity contribution in [3.63, 3.8) is 0 Å². The van der Waals surface area contributed by atoms with Crippen LogP contribution in [-0.2, 0) is 16.1 Å². The Morgan fingerprint density at radius 3 is 2.23 bits per heavy atom. The molecule has 1 aliphatic rings. The van der Waals surface area contributed by atoms with E-state index in [-0.39, 0.29) is 11.5 Å². The number of carbonyl (C=O) groups is 3. The summed E-state index contributed by atoms with van der Waals surface area (Å²) in [5, 5.41) is 6.83. The lowest BCUT2D eigenvalue weighted by atomic mass is 10.1. The van der Waals surface area contributed by atoms with Gasteiger partial charge in [0.2, 0.25) is 0 Å². The average molecular weight is 610 g/mol. The first-order valence-electron chi connectivity index (χ1n) is 12.3. The predicted octanol–water partition coefficient (Wildman–Crippen LogP) is 5.89. The van der Waals surface area contributed by atoms with E-state index in [9.17, 15) is 14.4 Å². The van der Waals surface area contributed by atoms with Crippen LogP contribution < -0.4 is 10.6 Å². The van der Waals surface area contributed by atoms with E-state index in [0.717, 1.165) is 31.1 Å². The number of carbonyl (C=O) groups excluding carboxylic acids is 3. The van der Waals surface area contributed by atoms with Crippen molar-refractivity contribution in [1.29, 1.82) is 0 Å². The van der Waals surface area contributed by atoms with E-state index in [0.29, 0.717) is 51.0 Å². The summed E-state index contributed by atoms with van der Waals surface area (Å²) in [5.41, 5.74) is 1.06. The molecule has 39 heavy (non-hydrogen) atoms. The second-order valence-electron chi connectivity index (χ2n) is 8.85. The molecule has 3 aromatic rings. The highest BCUT2D eigenvalue weighted by Crippen LogP contribution is 2.30. The number of thiophene rings is 1. The van der Waals surface area contributed by atoms with E-state index in [2.05, 4.69) is 20.4 Å². The minimum atomic E-state index is -0.435. The molecule has 8 nitrogen and oxygen atoms in total. The van der Waals surface area contributed by atoms with Gasteiger partial charge in [0.25, 0.3) is 11.8 Å². The van der Waals surface area contributed by atoms with Crippen LogP contribution in [0.2, 0.25) is 15.1 Å². The fraction of sp³-hybridized carbons (Fsp3) is 0.296. The van der Waals surface area contributed by atoms with E-state index in [1.54, 1.807) is 49.4 Å². The summed E-state index contributed by atoms with van der Waals surface area (Å²) < 4.78 is 5.03. The molecule has 2 aromatic carbocycles. The molecule has 4 rings (SSSR count). The van der Waals surface area contributed by atoms with Gasteiger partial charge in [-0.1, -0.05) is 34.8 Å². The summed E-state index contributed by atoms with van der Waals surface area (Å²) in [6, 6.07) is 13.1. The van der Waals surface area contributed by atoms with Gasteiger partial charge in [0.05, 0.1) is 29.4 Å². The highest BCUT2D eigenvalue weighted by Gasteiger charge is 2.23. The van der Waals surface area contributed by atoms with Crippen LogP contribution in [-0.4, -0.2) is 66.9 Å². The van der Waals surface area contributed by atoms with E-state index in [1.165, 1.54) is 17.4 Å². The molecule has 0 atom stereocenters. The molecule has 2 N–H and O–H groups in total. The number of hydrogen-bond donors (Lipinski definition) is 2. The Kier molecular flexibility index (Phi) is 10.2. The molecule has 0 saturated carbocycles. The van der Waals surface area contributed by atoms with Crippen molar-refractivity contribution in [3.8, 4) is 0 Å². The molecule has 2 heterocycles. The van der Waals surface area contributed by atoms with Gasteiger partial charge in [-0.2, -0.15) is 0 Å². The first-order valence-corrected chi connectivity index (χ1v) is 14.2. The van der Waals surface area contributed by atoms with E-state index in [1.807, 2.05) is 0 Å². The minimum absolute atomic E-state index is 0.208. The summed E-state index contributed by atoms with van der Waals surface area (Å²) in [5.74, 6) is -1.06. The lowest BCUT2D eigenvalue weighted by Gasteiger charge is -2.33. The summed E-state index contributed by atoms with van der Waals surface area (Å²) in [6.07, 6.45) is 0. The Hall–Kier alpha value is -2.66. The molecule has 1 saturated heterocycles. The Bertz CT molecular complexity index is 1340. The fourth-order valence-electron chi connectivity index (χ4n) is 4.09. The highest BCUT2D eigenvalue weighted by molar-refractivity contribution is 7.14. The van der Waals surface area contributed by atoms with Gasteiger partial charge in [-0.25, -0.2) is 0 Å². The average Bonchev–Trinajstić information content (AvgIpc) is 3.27. The van der Waals surface area contributed by atoms with Gasteiger partial charge in [-0.15, -0.1) is 11.3 Å². The van der Waals surface area contributed by atoms with Gasteiger partial charge in [0, 0.05) is 53.3 Å². The van der Waals surface area contributed by atoms with Crippen molar-refractivity contribution in [2.75, 3.05) is 50.0 Å². The number of esters is 1. The number of piperazine rings is 1. The van der Waals surface area contributed by atoms with Crippen molar-refractivity contribution in [2.45, 2.75) is 13.5 Å². The Labute approximate surface area is 245 Å². The Morgan fingerprint density at radius 2 is 1.54 bits per heavy atom. The van der Waals surface area contributed by atoms with E-state index in [4.69, 9.17) is 39.5 Å². The van der Waals surface area contributed by atoms with Crippen LogP contribution in [0.5, 0.6) is 0 Å². The smallest absolute Gasteiger partial charge is 0.320 e. The molecule has 0 radical (unpaired) electrons. The van der Waals surface area contributed by atoms with E-state index < -0.39 is 11.8 Å². The zero-order chi connectivity index (χ0) is 27.9. The van der Waals surface area contributed by atoms with Crippen LogP contribution in [0.4, 0.5) is 11.4 Å². The molecule has 2 amide bonds. The number of hydrogen-bond acceptors (Lipinski definition) is 7. The molecule has 0 spiro atoms. The van der Waals surface area contributed by atoms with Gasteiger partial charge >= 0.3 is 5.97 Å². The molecule has 206 valence electrons. The van der Waals surface area contributed by atoms with Crippen molar-refractivity contribution in [3.05, 3.63) is 78.9 Å². The van der Waals surface area contributed by atoms with Gasteiger partial charge in [-0.05, 0) is 55.5 Å². The number of ether oxygens (including phenoxy) is 1. The molecule has 1 fully saturated rings. The van der Waals surface area contributed by atoms with Gasteiger partial charge < -0.3 is 15.4 Å². The third-order valence-corrected chi connectivity index (χ3v) is 8.04. The number of benzene rings is 2. The number of amides is 2. The third-order valence-electron chi connectivity index (χ3n) is 6.02. The summed E-state index contributed by atoms with van der Waals surface area (Å²) in [7, 11) is 0. The lowest BCUT2D eigenvalue weighted by Crippen LogP contribution is -2.47. The molecule has 12 heteroatoms. The monoisotopic (exact) mass is 608 g/mol. The van der Waals surface area contributed by atoms with Crippen molar-refractivity contribution in [1.82, 2.24) is 9.80 Å². The molecular weight excluding hydrogens is 583 g/mol. The zero-order valence-corrected chi connectivity index (χ0v) is 24.2. The number of nitrogens with one attached hydrogen (secondary N) is 2. The van der Waals surface area contributed by atoms with Crippen LogP contribution >= 0.6 is 46.1 Å². The lowest BCUT2D eigenvalue weighted by molar-refractivity contribution is -0.144. The van der Waals surface area contributed by atoms with E-state index >= 15 is 0 Å². The van der Waals surface area contributed by atoms with Crippen LogP contribution in [0.1, 0.15) is 31.8 Å². The van der Waals surface area contributed by atoms with Crippen molar-refractivity contribution >= 4 is 75.3 Å². The first kappa shape index (κ1) is 29.3. The number of halogens is 3. The first-order chi connectivity index (χ1) is 18.7. The van der Waals surface area contributed by atoms with Crippen LogP contribution in [0.3, 0.4) is 0 Å². The molecule has 0 aliphatic carbocycles. The maximum Gasteiger partial charge on any atom is 0.320 e. The summed E-state index contributed by atoms with van der Waals surface area (Å²) >= 11 is 19.8. The maximum atomic E-state index is 13.2. The summed E-state index contributed by atoms with van der Waals surface area (Å²) in [4.78, 5) is 43.5. The normalized spacial score (nSPS) is 14.2. The zero-order valence-electron chi connectivity index (χ0n) is 21.1. The van der Waals surface area contributed by atoms with Crippen LogP contribution in [0.15, 0.2) is 48.5 Å². The van der Waals surface area contributed by atoms with Crippen molar-refractivity contribution in [2.24, 2.45) is 0 Å². The van der Waals surface area contributed by atoms with Gasteiger partial charge in [-0.3, -0.25) is 24.2 Å². The van der Waals surface area contributed by atoms with Crippen LogP contribution in [0.25, 0.3) is 0 Å². The van der Waals surface area contributed by atoms with Gasteiger partial charge in [0.15, 0.2) is 0 Å². The minimum Gasteiger partial charge on any atom is -0.465 e. The number of anilines is 2. The molecule has 0 unspecified atom stereocenters. The SMILES string of the molecule is CCOC(=O)CN1CCN(Cc2cc(Cl)c(C(=O)Nc3ccc(Cl)cc3C(=O)Nc3ccc(Cl)cc3)s2)CC1. The second-order valence-corrected chi connectivity index (χ2v) is 11.3. The summed E-state index contributed by atoms with van der Waals surface area (Å²) in [6.45, 7) is 6.18. The molecular formula is C27H27Cl3N4O4S. The molecule has 1 aliphatic heterocycles. The fourth-order valence-corrected chi connectivity index (χ4v) is 5.77. The predicted molar refractivity (Wildman–Crippen MR) is 156 cm³/mol. The topological polar surface area (TPSA) is 91.0 Å². The standard InChI is InChI=1S/C27H27Cl3N4O4S/c1-2-38-24(35)16-34-11-9-33(10-12-34)15-20-14-22(30)25(39-20)27(37)32-23-8-5-18(29)13-21(23)26(36)31-19-6-3-17(28)4-7-19/h3-8,13-14H,2,9-12,15-16H2,1H3,(H,31,36)(H,32,37). The maximum absolute atomic E-state index is 13.2.